The van der Waals surface area contributed by atoms with Gasteiger partial charge in [0.25, 0.3) is 5.56 Å². The summed E-state index contributed by atoms with van der Waals surface area (Å²) in [4.78, 5) is 29.3. The Bertz CT molecular complexity index is 1150. The summed E-state index contributed by atoms with van der Waals surface area (Å²) in [5.41, 5.74) is -0.341. The summed E-state index contributed by atoms with van der Waals surface area (Å²) in [5, 5.41) is 30.9. The second-order valence-electron chi connectivity index (χ2n) is 6.68. The number of fused-ring (bicyclic) bond motifs is 4. The van der Waals surface area contributed by atoms with E-state index in [9.17, 15) is 24.9 Å². The van der Waals surface area contributed by atoms with E-state index in [0.29, 0.717) is 11.4 Å². The van der Waals surface area contributed by atoms with Crippen LogP contribution in [0.1, 0.15) is 30.0 Å². The van der Waals surface area contributed by atoms with Crippen LogP contribution in [0.2, 0.25) is 0 Å². The predicted octanol–water partition coefficient (Wildman–Crippen LogP) is 1.60. The highest BCUT2D eigenvalue weighted by Gasteiger charge is 2.40. The molecule has 3 aromatic rings. The van der Waals surface area contributed by atoms with E-state index in [0.717, 1.165) is 16.5 Å². The van der Waals surface area contributed by atoms with Crippen LogP contribution in [-0.2, 0) is 23.5 Å². The highest BCUT2D eigenvalue weighted by Crippen LogP contribution is 2.36. The summed E-state index contributed by atoms with van der Waals surface area (Å²) < 4.78 is 1.46. The first-order valence-electron chi connectivity index (χ1n) is 8.63. The van der Waals surface area contributed by atoms with Gasteiger partial charge in [-0.2, -0.15) is 0 Å². The Morgan fingerprint density at radius 1 is 1.30 bits per heavy atom. The summed E-state index contributed by atoms with van der Waals surface area (Å²) in [7, 11) is 0. The molecule has 3 heterocycles. The number of rotatable bonds is 4. The van der Waals surface area contributed by atoms with Gasteiger partial charge in [0.1, 0.15) is 0 Å². The van der Waals surface area contributed by atoms with E-state index in [2.05, 4.69) is 4.98 Å². The largest absolute Gasteiger partial charge is 0.479 e. The van der Waals surface area contributed by atoms with Crippen LogP contribution in [0.4, 0.5) is 0 Å². The fourth-order valence-electron chi connectivity index (χ4n) is 3.69. The van der Waals surface area contributed by atoms with Gasteiger partial charge in [-0.05, 0) is 24.6 Å². The number of benzene rings is 1. The van der Waals surface area contributed by atoms with Crippen LogP contribution in [0.5, 0.6) is 0 Å². The number of hydrogen-bond acceptors (Lipinski definition) is 5. The number of hydrogen-bond donors (Lipinski definition) is 3. The molecule has 0 unspecified atom stereocenters. The Labute approximate surface area is 154 Å². The predicted molar refractivity (Wildman–Crippen MR) is 98.3 cm³/mol. The van der Waals surface area contributed by atoms with Crippen LogP contribution in [0.3, 0.4) is 0 Å². The molecule has 0 fully saturated rings. The van der Waals surface area contributed by atoms with Crippen molar-refractivity contribution in [2.75, 3.05) is 0 Å². The molecular formula is C20H18N2O5. The smallest absolute Gasteiger partial charge is 0.340 e. The SMILES string of the molecule is CC[C@](O)(C(=O)O)c1cc2n(c(=O)c1CO)Cc1cc3ccccc3nc1-2. The quantitative estimate of drug-likeness (QED) is 0.506. The summed E-state index contributed by atoms with van der Waals surface area (Å²) in [6.45, 7) is 1.14. The Morgan fingerprint density at radius 2 is 2.04 bits per heavy atom. The molecule has 1 atom stereocenters. The zero-order valence-corrected chi connectivity index (χ0v) is 14.6. The summed E-state index contributed by atoms with van der Waals surface area (Å²) in [6.07, 6.45) is -0.143. The molecule has 1 aromatic carbocycles. The second kappa shape index (κ2) is 6.00. The van der Waals surface area contributed by atoms with Crippen molar-refractivity contribution in [2.45, 2.75) is 32.1 Å². The van der Waals surface area contributed by atoms with Crippen molar-refractivity contribution in [3.8, 4) is 11.4 Å². The zero-order valence-electron chi connectivity index (χ0n) is 14.6. The number of carboxylic acids is 1. The molecule has 0 bridgehead atoms. The molecule has 0 amide bonds. The molecule has 7 nitrogen and oxygen atoms in total. The van der Waals surface area contributed by atoms with Gasteiger partial charge >= 0.3 is 5.97 Å². The average Bonchev–Trinajstić information content (AvgIpc) is 3.03. The number of para-hydroxylation sites is 1. The van der Waals surface area contributed by atoms with E-state index in [1.807, 2.05) is 30.3 Å². The Kier molecular flexibility index (Phi) is 3.87. The maximum absolute atomic E-state index is 12.9. The topological polar surface area (TPSA) is 113 Å². The zero-order chi connectivity index (χ0) is 19.3. The van der Waals surface area contributed by atoms with E-state index in [-0.39, 0.29) is 24.1 Å². The lowest BCUT2D eigenvalue weighted by Crippen LogP contribution is -2.39. The Hall–Kier alpha value is -3.03. The summed E-state index contributed by atoms with van der Waals surface area (Å²) >= 11 is 0. The number of aliphatic hydroxyl groups is 2. The number of carboxylic acid groups (broad SMARTS) is 1. The van der Waals surface area contributed by atoms with Crippen molar-refractivity contribution in [2.24, 2.45) is 0 Å². The molecule has 0 spiro atoms. The number of nitrogens with zero attached hydrogens (tertiary/aromatic N) is 2. The first kappa shape index (κ1) is 17.4. The maximum Gasteiger partial charge on any atom is 0.340 e. The van der Waals surface area contributed by atoms with E-state index < -0.39 is 23.7 Å². The van der Waals surface area contributed by atoms with Crippen LogP contribution in [0.15, 0.2) is 41.2 Å². The third kappa shape index (κ3) is 2.39. The minimum atomic E-state index is -2.26. The molecule has 2 aromatic heterocycles. The third-order valence-corrected chi connectivity index (χ3v) is 5.24. The van der Waals surface area contributed by atoms with Gasteiger partial charge in [0.2, 0.25) is 0 Å². The van der Waals surface area contributed by atoms with Gasteiger partial charge in [-0.15, -0.1) is 0 Å². The number of pyridine rings is 2. The van der Waals surface area contributed by atoms with Crippen LogP contribution in [0.25, 0.3) is 22.3 Å². The van der Waals surface area contributed by atoms with Crippen molar-refractivity contribution in [3.63, 3.8) is 0 Å². The Morgan fingerprint density at radius 3 is 2.70 bits per heavy atom. The molecule has 0 aliphatic carbocycles. The maximum atomic E-state index is 12.9. The number of aromatic nitrogens is 2. The fraction of sp³-hybridized carbons (Fsp3) is 0.250. The molecule has 1 aliphatic rings. The van der Waals surface area contributed by atoms with Gasteiger partial charge in [0.15, 0.2) is 5.60 Å². The van der Waals surface area contributed by atoms with Crippen LogP contribution < -0.4 is 5.56 Å². The van der Waals surface area contributed by atoms with Crippen molar-refractivity contribution < 1.29 is 20.1 Å². The molecule has 27 heavy (non-hydrogen) atoms. The normalized spacial score (nSPS) is 14.6. The fourth-order valence-corrected chi connectivity index (χ4v) is 3.69. The third-order valence-electron chi connectivity index (χ3n) is 5.24. The molecule has 7 heteroatoms. The van der Waals surface area contributed by atoms with Crippen molar-refractivity contribution >= 4 is 16.9 Å². The van der Waals surface area contributed by atoms with E-state index in [1.165, 1.54) is 17.6 Å². The lowest BCUT2D eigenvalue weighted by molar-refractivity contribution is -0.160. The van der Waals surface area contributed by atoms with Crippen molar-refractivity contribution in [1.29, 1.82) is 0 Å². The minimum absolute atomic E-state index is 0.0842. The molecular weight excluding hydrogens is 348 g/mol. The second-order valence-corrected chi connectivity index (χ2v) is 6.68. The first-order valence-corrected chi connectivity index (χ1v) is 8.63. The molecule has 3 N–H and O–H groups in total. The van der Waals surface area contributed by atoms with Crippen LogP contribution >= 0.6 is 0 Å². The number of aliphatic hydroxyl groups excluding tert-OH is 1. The van der Waals surface area contributed by atoms with Crippen molar-refractivity contribution in [1.82, 2.24) is 9.55 Å². The number of carbonyl (C=O) groups is 1. The lowest BCUT2D eigenvalue weighted by Gasteiger charge is -2.25. The highest BCUT2D eigenvalue weighted by atomic mass is 16.4. The van der Waals surface area contributed by atoms with Gasteiger partial charge in [0.05, 0.1) is 30.1 Å². The minimum Gasteiger partial charge on any atom is -0.479 e. The van der Waals surface area contributed by atoms with Crippen molar-refractivity contribution in [3.05, 3.63) is 63.4 Å². The van der Waals surface area contributed by atoms with E-state index >= 15 is 0 Å². The van der Waals surface area contributed by atoms with Gasteiger partial charge in [0, 0.05) is 22.1 Å². The van der Waals surface area contributed by atoms with E-state index in [1.54, 1.807) is 0 Å². The molecule has 4 rings (SSSR count). The van der Waals surface area contributed by atoms with Crippen LogP contribution in [0, 0.1) is 0 Å². The Balaban J connectivity index is 2.03. The molecule has 0 saturated heterocycles. The lowest BCUT2D eigenvalue weighted by atomic mass is 9.87. The van der Waals surface area contributed by atoms with E-state index in [4.69, 9.17) is 0 Å². The standard InChI is InChI=1S/C20H18N2O5/c1-2-20(27,19(25)26)14-8-16-17-12(9-22(16)18(24)13(14)10-23)7-11-5-3-4-6-15(11)21-17/h3-8,23,27H,2,9-10H2,1H3,(H,25,26)/t20-/m1/s1. The summed E-state index contributed by atoms with van der Waals surface area (Å²) in [6, 6.07) is 11.0. The number of aliphatic carboxylic acids is 1. The van der Waals surface area contributed by atoms with Gasteiger partial charge in [-0.1, -0.05) is 25.1 Å². The van der Waals surface area contributed by atoms with Gasteiger partial charge in [-0.25, -0.2) is 9.78 Å². The molecule has 0 radical (unpaired) electrons. The monoisotopic (exact) mass is 366 g/mol. The first-order chi connectivity index (χ1) is 12.9. The van der Waals surface area contributed by atoms with Crippen LogP contribution in [-0.4, -0.2) is 30.8 Å². The van der Waals surface area contributed by atoms with Gasteiger partial charge < -0.3 is 19.9 Å². The molecule has 0 saturated carbocycles. The summed E-state index contributed by atoms with van der Waals surface area (Å²) in [5.74, 6) is -1.46. The molecule has 138 valence electrons. The molecule has 1 aliphatic heterocycles. The highest BCUT2D eigenvalue weighted by molar-refractivity contribution is 5.85. The van der Waals surface area contributed by atoms with Gasteiger partial charge in [-0.3, -0.25) is 4.79 Å². The average molecular weight is 366 g/mol.